The van der Waals surface area contributed by atoms with E-state index in [1.54, 1.807) is 19.1 Å². The number of nitrogens with zero attached hydrogens (tertiary/aromatic N) is 2. The summed E-state index contributed by atoms with van der Waals surface area (Å²) >= 11 is 5.16. The van der Waals surface area contributed by atoms with Crippen molar-refractivity contribution < 1.29 is 4.92 Å². The first-order chi connectivity index (χ1) is 11.1. The third-order valence-electron chi connectivity index (χ3n) is 3.12. The van der Waals surface area contributed by atoms with Gasteiger partial charge in [-0.2, -0.15) is 5.10 Å². The van der Waals surface area contributed by atoms with Gasteiger partial charge in [-0.3, -0.25) is 15.5 Å². The van der Waals surface area contributed by atoms with Crippen LogP contribution in [0, 0.1) is 10.1 Å². The Morgan fingerprint density at radius 3 is 2.43 bits per heavy atom. The van der Waals surface area contributed by atoms with Crippen LogP contribution in [0.25, 0.3) is 0 Å². The van der Waals surface area contributed by atoms with E-state index < -0.39 is 4.92 Å². The predicted molar refractivity (Wildman–Crippen MR) is 94.3 cm³/mol. The summed E-state index contributed by atoms with van der Waals surface area (Å²) in [5, 5.41) is 18.3. The van der Waals surface area contributed by atoms with E-state index in [4.69, 9.17) is 12.2 Å². The van der Waals surface area contributed by atoms with Crippen LogP contribution >= 0.6 is 12.2 Å². The van der Waals surface area contributed by atoms with E-state index >= 15 is 0 Å². The molecule has 0 bridgehead atoms. The first-order valence-electron chi connectivity index (χ1n) is 6.93. The molecule has 0 radical (unpaired) electrons. The minimum atomic E-state index is -0.433. The molecule has 6 nitrogen and oxygen atoms in total. The topological polar surface area (TPSA) is 79.6 Å². The lowest BCUT2D eigenvalue weighted by atomic mass is 10.1. The van der Waals surface area contributed by atoms with Gasteiger partial charge in [0, 0.05) is 18.7 Å². The van der Waals surface area contributed by atoms with Crippen LogP contribution in [-0.4, -0.2) is 15.7 Å². The fourth-order valence-electron chi connectivity index (χ4n) is 1.84. The molecule has 0 amide bonds. The zero-order valence-electron chi connectivity index (χ0n) is 12.5. The van der Waals surface area contributed by atoms with Gasteiger partial charge in [0.1, 0.15) is 0 Å². The normalized spacial score (nSPS) is 10.9. The van der Waals surface area contributed by atoms with Crippen LogP contribution in [0.4, 0.5) is 5.69 Å². The summed E-state index contributed by atoms with van der Waals surface area (Å²) in [4.78, 5) is 10.2. The third kappa shape index (κ3) is 5.15. The van der Waals surface area contributed by atoms with Crippen LogP contribution < -0.4 is 10.7 Å². The summed E-state index contributed by atoms with van der Waals surface area (Å²) in [5.41, 5.74) is 5.40. The molecule has 2 rings (SSSR count). The number of rotatable bonds is 5. The average Bonchev–Trinajstić information content (AvgIpc) is 2.58. The van der Waals surface area contributed by atoms with Crippen molar-refractivity contribution in [3.63, 3.8) is 0 Å². The Morgan fingerprint density at radius 1 is 1.17 bits per heavy atom. The maximum Gasteiger partial charge on any atom is 0.269 e. The van der Waals surface area contributed by atoms with Crippen molar-refractivity contribution in [1.29, 1.82) is 0 Å². The Bertz CT molecular complexity index is 715. The molecule has 2 N–H and O–H groups in total. The largest absolute Gasteiger partial charge is 0.357 e. The number of non-ortho nitro benzene ring substituents is 1. The number of hydrogen-bond donors (Lipinski definition) is 2. The highest BCUT2D eigenvalue weighted by molar-refractivity contribution is 7.80. The molecule has 2 aromatic carbocycles. The highest BCUT2D eigenvalue weighted by atomic mass is 32.1. The molecular weight excluding hydrogens is 312 g/mol. The number of hydrogen-bond acceptors (Lipinski definition) is 4. The maximum atomic E-state index is 10.6. The van der Waals surface area contributed by atoms with Crippen molar-refractivity contribution in [1.82, 2.24) is 10.7 Å². The van der Waals surface area contributed by atoms with E-state index in [0.717, 1.165) is 11.1 Å². The number of nitrogens with one attached hydrogen (secondary N) is 2. The van der Waals surface area contributed by atoms with Crippen molar-refractivity contribution in [2.75, 3.05) is 0 Å². The van der Waals surface area contributed by atoms with Crippen molar-refractivity contribution in [3.05, 3.63) is 75.8 Å². The number of thiocarbonyl (C=S) groups is 1. The lowest BCUT2D eigenvalue weighted by Crippen LogP contribution is -2.32. The SMILES string of the molecule is CC(=NNC(=S)NCc1ccccc1)c1ccc([N+](=O)[O-])cc1. The summed E-state index contributed by atoms with van der Waals surface area (Å²) in [6.45, 7) is 2.41. The average molecular weight is 328 g/mol. The summed E-state index contributed by atoms with van der Waals surface area (Å²) < 4.78 is 0. The van der Waals surface area contributed by atoms with Gasteiger partial charge in [0.25, 0.3) is 5.69 Å². The van der Waals surface area contributed by atoms with E-state index in [0.29, 0.717) is 17.4 Å². The molecule has 0 heterocycles. The summed E-state index contributed by atoms with van der Waals surface area (Å²) in [6.07, 6.45) is 0. The van der Waals surface area contributed by atoms with Crippen molar-refractivity contribution in [2.24, 2.45) is 5.10 Å². The van der Waals surface area contributed by atoms with Crippen LogP contribution in [0.2, 0.25) is 0 Å². The van der Waals surface area contributed by atoms with Gasteiger partial charge < -0.3 is 5.32 Å². The highest BCUT2D eigenvalue weighted by Crippen LogP contribution is 2.12. The van der Waals surface area contributed by atoms with Crippen LogP contribution in [0.5, 0.6) is 0 Å². The summed E-state index contributed by atoms with van der Waals surface area (Å²) in [7, 11) is 0. The van der Waals surface area contributed by atoms with Gasteiger partial charge in [-0.15, -0.1) is 0 Å². The first kappa shape index (κ1) is 16.6. The molecule has 2 aromatic rings. The summed E-state index contributed by atoms with van der Waals surface area (Å²) in [5.74, 6) is 0. The quantitative estimate of drug-likeness (QED) is 0.382. The fraction of sp³-hybridized carbons (Fsp3) is 0.125. The van der Waals surface area contributed by atoms with Gasteiger partial charge in [-0.25, -0.2) is 0 Å². The Hall–Kier alpha value is -2.80. The monoisotopic (exact) mass is 328 g/mol. The minimum Gasteiger partial charge on any atom is -0.357 e. The number of hydrazone groups is 1. The van der Waals surface area contributed by atoms with Crippen LogP contribution in [-0.2, 0) is 6.54 Å². The lowest BCUT2D eigenvalue weighted by Gasteiger charge is -2.08. The zero-order chi connectivity index (χ0) is 16.7. The van der Waals surface area contributed by atoms with Crippen molar-refractivity contribution >= 4 is 28.7 Å². The van der Waals surface area contributed by atoms with Gasteiger partial charge in [-0.05, 0) is 42.4 Å². The molecule has 0 spiro atoms. The molecule has 0 fully saturated rings. The second-order valence-corrected chi connectivity index (χ2v) is 5.19. The predicted octanol–water partition coefficient (Wildman–Crippen LogP) is 2.98. The number of nitro benzene ring substituents is 1. The lowest BCUT2D eigenvalue weighted by molar-refractivity contribution is -0.384. The second-order valence-electron chi connectivity index (χ2n) is 4.78. The molecule has 0 saturated carbocycles. The first-order valence-corrected chi connectivity index (χ1v) is 7.34. The molecule has 0 aliphatic heterocycles. The molecule has 0 aromatic heterocycles. The Labute approximate surface area is 139 Å². The van der Waals surface area contributed by atoms with E-state index in [-0.39, 0.29) is 5.69 Å². The molecule has 0 aliphatic carbocycles. The van der Waals surface area contributed by atoms with E-state index in [9.17, 15) is 10.1 Å². The molecule has 0 aliphatic rings. The standard InChI is InChI=1S/C16H16N4O2S/c1-12(14-7-9-15(10-8-14)20(21)22)18-19-16(23)17-11-13-5-3-2-4-6-13/h2-10H,11H2,1H3,(H2,17,19,23). The van der Waals surface area contributed by atoms with Gasteiger partial charge in [0.15, 0.2) is 5.11 Å². The van der Waals surface area contributed by atoms with Crippen molar-refractivity contribution in [2.45, 2.75) is 13.5 Å². The molecule has 118 valence electrons. The molecule has 23 heavy (non-hydrogen) atoms. The van der Waals surface area contributed by atoms with E-state index in [1.807, 2.05) is 30.3 Å². The Morgan fingerprint density at radius 2 is 1.83 bits per heavy atom. The summed E-state index contributed by atoms with van der Waals surface area (Å²) in [6, 6.07) is 16.1. The van der Waals surface area contributed by atoms with Crippen LogP contribution in [0.1, 0.15) is 18.1 Å². The highest BCUT2D eigenvalue weighted by Gasteiger charge is 2.05. The van der Waals surface area contributed by atoms with Crippen LogP contribution in [0.15, 0.2) is 59.7 Å². The van der Waals surface area contributed by atoms with Gasteiger partial charge in [0.2, 0.25) is 0 Å². The molecular formula is C16H16N4O2S. The minimum absolute atomic E-state index is 0.0505. The third-order valence-corrected chi connectivity index (χ3v) is 3.35. The van der Waals surface area contributed by atoms with Gasteiger partial charge >= 0.3 is 0 Å². The van der Waals surface area contributed by atoms with Crippen molar-refractivity contribution in [3.8, 4) is 0 Å². The van der Waals surface area contributed by atoms with E-state index in [1.165, 1.54) is 12.1 Å². The zero-order valence-corrected chi connectivity index (χ0v) is 13.3. The Balaban J connectivity index is 1.88. The molecule has 0 unspecified atom stereocenters. The number of benzene rings is 2. The maximum absolute atomic E-state index is 10.6. The molecule has 0 saturated heterocycles. The Kier molecular flexibility index (Phi) is 5.76. The van der Waals surface area contributed by atoms with Gasteiger partial charge in [0.05, 0.1) is 10.6 Å². The van der Waals surface area contributed by atoms with E-state index in [2.05, 4.69) is 15.8 Å². The molecule has 7 heteroatoms. The number of nitro groups is 1. The molecule has 0 atom stereocenters. The fourth-order valence-corrected chi connectivity index (χ4v) is 1.96. The van der Waals surface area contributed by atoms with Crippen LogP contribution in [0.3, 0.4) is 0 Å². The smallest absolute Gasteiger partial charge is 0.269 e. The second kappa shape index (κ2) is 8.00. The van der Waals surface area contributed by atoms with Gasteiger partial charge in [-0.1, -0.05) is 30.3 Å².